The van der Waals surface area contributed by atoms with E-state index in [1.165, 1.54) is 0 Å². The van der Waals surface area contributed by atoms with E-state index in [1.807, 2.05) is 34.7 Å². The molecule has 0 atom stereocenters. The lowest BCUT2D eigenvalue weighted by Crippen LogP contribution is -2.40. The summed E-state index contributed by atoms with van der Waals surface area (Å²) < 4.78 is 1.88. The molecule has 1 aliphatic rings. The molecule has 0 aliphatic carbocycles. The Morgan fingerprint density at radius 3 is 2.58 bits per heavy atom. The third-order valence-electron chi connectivity index (χ3n) is 5.17. The second-order valence-corrected chi connectivity index (χ2v) is 6.89. The number of hydrogen-bond donors (Lipinski definition) is 1. The van der Waals surface area contributed by atoms with Crippen molar-refractivity contribution in [1.82, 2.24) is 20.0 Å². The maximum Gasteiger partial charge on any atom is 0.257 e. The fourth-order valence-electron chi connectivity index (χ4n) is 3.52. The summed E-state index contributed by atoms with van der Waals surface area (Å²) in [5, 5.41) is 7.89. The molecule has 1 fully saturated rings. The van der Waals surface area contributed by atoms with E-state index in [1.54, 1.807) is 6.20 Å². The number of hydrogen-bond acceptors (Lipinski definition) is 3. The fraction of sp³-hybridized carbons (Fsp3) is 0.500. The van der Waals surface area contributed by atoms with Crippen molar-refractivity contribution in [3.05, 3.63) is 47.3 Å². The topological polar surface area (TPSA) is 50.2 Å². The predicted octanol–water partition coefficient (Wildman–Crippen LogP) is 3.37. The van der Waals surface area contributed by atoms with Gasteiger partial charge in [0.15, 0.2) is 0 Å². The molecule has 142 valence electrons. The van der Waals surface area contributed by atoms with Gasteiger partial charge in [0.25, 0.3) is 5.91 Å². The number of nitrogens with one attached hydrogen (secondary N) is 1. The van der Waals surface area contributed by atoms with Gasteiger partial charge < -0.3 is 10.2 Å². The standard InChI is InChI=1S/C20H28N4O.ClH/c1-4-21-13-17-9-11-23(12-10-17)20(25)18-14-22-24(16(18)3)19-8-6-5-7-15(19)2;/h5-8,14,17,21H,4,9-13H2,1-3H3;1H. The average molecular weight is 377 g/mol. The Morgan fingerprint density at radius 1 is 1.23 bits per heavy atom. The monoisotopic (exact) mass is 376 g/mol. The van der Waals surface area contributed by atoms with Crippen LogP contribution in [-0.4, -0.2) is 46.8 Å². The van der Waals surface area contributed by atoms with Crippen LogP contribution < -0.4 is 5.32 Å². The normalized spacial score (nSPS) is 15.0. The quantitative estimate of drug-likeness (QED) is 0.870. The molecule has 3 rings (SSSR count). The van der Waals surface area contributed by atoms with Gasteiger partial charge in [0, 0.05) is 13.1 Å². The molecule has 2 aromatic rings. The molecule has 0 saturated carbocycles. The van der Waals surface area contributed by atoms with Gasteiger partial charge in [-0.3, -0.25) is 4.79 Å². The average Bonchev–Trinajstić information content (AvgIpc) is 3.01. The van der Waals surface area contributed by atoms with Gasteiger partial charge in [0.2, 0.25) is 0 Å². The van der Waals surface area contributed by atoms with Crippen LogP contribution in [0.3, 0.4) is 0 Å². The zero-order chi connectivity index (χ0) is 17.8. The Balaban J connectivity index is 0.00000243. The van der Waals surface area contributed by atoms with Crippen LogP contribution in [-0.2, 0) is 0 Å². The lowest BCUT2D eigenvalue weighted by molar-refractivity contribution is 0.0689. The molecule has 1 N–H and O–H groups in total. The molecule has 0 unspecified atom stereocenters. The third-order valence-corrected chi connectivity index (χ3v) is 5.17. The number of rotatable bonds is 5. The van der Waals surface area contributed by atoms with E-state index in [0.29, 0.717) is 11.5 Å². The molecule has 0 bridgehead atoms. The van der Waals surface area contributed by atoms with E-state index in [-0.39, 0.29) is 18.3 Å². The molecular formula is C20H29ClN4O. The number of aryl methyl sites for hydroxylation is 1. The van der Waals surface area contributed by atoms with Gasteiger partial charge in [-0.1, -0.05) is 25.1 Å². The third kappa shape index (κ3) is 4.27. The number of carbonyl (C=O) groups is 1. The van der Waals surface area contributed by atoms with Crippen LogP contribution in [0.5, 0.6) is 0 Å². The second kappa shape index (κ2) is 9.19. The van der Waals surface area contributed by atoms with Crippen molar-refractivity contribution in [2.24, 2.45) is 5.92 Å². The minimum absolute atomic E-state index is 0. The summed E-state index contributed by atoms with van der Waals surface area (Å²) >= 11 is 0. The van der Waals surface area contributed by atoms with E-state index in [9.17, 15) is 4.79 Å². The SMILES string of the molecule is CCNCC1CCN(C(=O)c2cnn(-c3ccccc3C)c2C)CC1.Cl. The molecule has 1 aliphatic heterocycles. The maximum atomic E-state index is 12.9. The molecule has 5 nitrogen and oxygen atoms in total. The summed E-state index contributed by atoms with van der Waals surface area (Å²) in [5.74, 6) is 0.791. The number of piperidine rings is 1. The van der Waals surface area contributed by atoms with Crippen LogP contribution in [0.1, 0.15) is 41.4 Å². The van der Waals surface area contributed by atoms with Crippen LogP contribution in [0.2, 0.25) is 0 Å². The summed E-state index contributed by atoms with van der Waals surface area (Å²) in [6, 6.07) is 8.12. The lowest BCUT2D eigenvalue weighted by Gasteiger charge is -2.32. The first-order valence-corrected chi connectivity index (χ1v) is 9.22. The molecule has 26 heavy (non-hydrogen) atoms. The number of carbonyl (C=O) groups excluding carboxylic acids is 1. The number of likely N-dealkylation sites (tertiary alicyclic amines) is 1. The summed E-state index contributed by atoms with van der Waals surface area (Å²) in [6.45, 7) is 9.91. The molecule has 1 aromatic carbocycles. The van der Waals surface area contributed by atoms with Crippen molar-refractivity contribution in [2.45, 2.75) is 33.6 Å². The van der Waals surface area contributed by atoms with E-state index in [2.05, 4.69) is 30.3 Å². The Bertz CT molecular complexity index is 735. The fourth-order valence-corrected chi connectivity index (χ4v) is 3.52. The van der Waals surface area contributed by atoms with E-state index in [4.69, 9.17) is 0 Å². The van der Waals surface area contributed by atoms with Crippen molar-refractivity contribution in [3.63, 3.8) is 0 Å². The zero-order valence-electron chi connectivity index (χ0n) is 15.9. The van der Waals surface area contributed by atoms with Crippen molar-refractivity contribution < 1.29 is 4.79 Å². The van der Waals surface area contributed by atoms with Gasteiger partial charge in [-0.15, -0.1) is 12.4 Å². The number of nitrogens with zero attached hydrogens (tertiary/aromatic N) is 3. The number of halogens is 1. The van der Waals surface area contributed by atoms with Crippen LogP contribution in [0.15, 0.2) is 30.5 Å². The van der Waals surface area contributed by atoms with Crippen LogP contribution in [0.25, 0.3) is 5.69 Å². The highest BCUT2D eigenvalue weighted by atomic mass is 35.5. The molecule has 6 heteroatoms. The van der Waals surface area contributed by atoms with Crippen LogP contribution >= 0.6 is 12.4 Å². The predicted molar refractivity (Wildman–Crippen MR) is 107 cm³/mol. The Hall–Kier alpha value is -1.85. The van der Waals surface area contributed by atoms with Crippen LogP contribution in [0, 0.1) is 19.8 Å². The largest absolute Gasteiger partial charge is 0.339 e. The highest BCUT2D eigenvalue weighted by Crippen LogP contribution is 2.22. The molecular weight excluding hydrogens is 348 g/mol. The minimum Gasteiger partial charge on any atom is -0.339 e. The maximum absolute atomic E-state index is 12.9. The molecule has 0 radical (unpaired) electrons. The summed E-state index contributed by atoms with van der Waals surface area (Å²) in [7, 11) is 0. The van der Waals surface area contributed by atoms with Crippen molar-refractivity contribution in [3.8, 4) is 5.69 Å². The number of aromatic nitrogens is 2. The zero-order valence-corrected chi connectivity index (χ0v) is 16.7. The van der Waals surface area contributed by atoms with Gasteiger partial charge >= 0.3 is 0 Å². The van der Waals surface area contributed by atoms with Gasteiger partial charge in [-0.2, -0.15) is 5.10 Å². The molecule has 1 aromatic heterocycles. The molecule has 1 amide bonds. The number of benzene rings is 1. The molecule has 2 heterocycles. The van der Waals surface area contributed by atoms with Gasteiger partial charge in [-0.25, -0.2) is 4.68 Å². The highest BCUT2D eigenvalue weighted by Gasteiger charge is 2.26. The Kier molecular flexibility index (Phi) is 7.23. The number of para-hydroxylation sites is 1. The van der Waals surface area contributed by atoms with E-state index >= 15 is 0 Å². The molecule has 1 saturated heterocycles. The van der Waals surface area contributed by atoms with Crippen molar-refractivity contribution in [1.29, 1.82) is 0 Å². The second-order valence-electron chi connectivity index (χ2n) is 6.89. The summed E-state index contributed by atoms with van der Waals surface area (Å²) in [5.41, 5.74) is 3.81. The summed E-state index contributed by atoms with van der Waals surface area (Å²) in [6.07, 6.45) is 3.86. The van der Waals surface area contributed by atoms with Crippen molar-refractivity contribution >= 4 is 18.3 Å². The van der Waals surface area contributed by atoms with Crippen molar-refractivity contribution in [2.75, 3.05) is 26.2 Å². The first-order valence-electron chi connectivity index (χ1n) is 9.22. The smallest absolute Gasteiger partial charge is 0.257 e. The lowest BCUT2D eigenvalue weighted by atomic mass is 9.96. The first kappa shape index (κ1) is 20.5. The Morgan fingerprint density at radius 2 is 1.92 bits per heavy atom. The minimum atomic E-state index is 0. The Labute approximate surface area is 162 Å². The van der Waals surface area contributed by atoms with Gasteiger partial charge in [0.1, 0.15) is 0 Å². The van der Waals surface area contributed by atoms with Gasteiger partial charge in [-0.05, 0) is 57.3 Å². The van der Waals surface area contributed by atoms with Gasteiger partial charge in [0.05, 0.1) is 23.1 Å². The van der Waals surface area contributed by atoms with Crippen LogP contribution in [0.4, 0.5) is 0 Å². The number of amides is 1. The van der Waals surface area contributed by atoms with E-state index < -0.39 is 0 Å². The first-order chi connectivity index (χ1) is 12.1. The summed E-state index contributed by atoms with van der Waals surface area (Å²) in [4.78, 5) is 14.9. The van der Waals surface area contributed by atoms with E-state index in [0.717, 1.165) is 56.0 Å². The highest BCUT2D eigenvalue weighted by molar-refractivity contribution is 5.95. The molecule has 0 spiro atoms.